The van der Waals surface area contributed by atoms with Gasteiger partial charge in [-0.2, -0.15) is 0 Å². The van der Waals surface area contributed by atoms with E-state index in [-0.39, 0.29) is 6.04 Å². The molecule has 1 aliphatic carbocycles. The number of guanidine groups is 1. The van der Waals surface area contributed by atoms with Crippen LogP contribution >= 0.6 is 0 Å². The predicted octanol–water partition coefficient (Wildman–Crippen LogP) is 1.29. The topological polar surface area (TPSA) is 62.0 Å². The largest absolute Gasteiger partial charge is 0.465 e. The Labute approximate surface area is 131 Å². The number of aryl methyl sites for hydroxylation is 1. The lowest BCUT2D eigenvalue weighted by Gasteiger charge is -2.33. The van der Waals surface area contributed by atoms with E-state index in [1.165, 1.54) is 12.8 Å². The molecule has 2 fully saturated rings. The van der Waals surface area contributed by atoms with Crippen LogP contribution in [0.25, 0.3) is 0 Å². The zero-order chi connectivity index (χ0) is 15.4. The van der Waals surface area contributed by atoms with Crippen molar-refractivity contribution in [1.82, 2.24) is 15.5 Å². The van der Waals surface area contributed by atoms with Crippen LogP contribution in [0.1, 0.15) is 30.4 Å². The Morgan fingerprint density at radius 1 is 1.36 bits per heavy atom. The smallest absolute Gasteiger partial charge is 0.191 e. The van der Waals surface area contributed by atoms with Crippen molar-refractivity contribution < 1.29 is 9.15 Å². The lowest BCUT2D eigenvalue weighted by Crippen LogP contribution is -2.46. The van der Waals surface area contributed by atoms with Gasteiger partial charge in [-0.25, -0.2) is 0 Å². The van der Waals surface area contributed by atoms with Crippen molar-refractivity contribution in [2.75, 3.05) is 39.9 Å². The zero-order valence-corrected chi connectivity index (χ0v) is 13.5. The number of morpholine rings is 1. The van der Waals surface area contributed by atoms with Crippen molar-refractivity contribution in [1.29, 1.82) is 0 Å². The quantitative estimate of drug-likeness (QED) is 0.634. The molecule has 1 aromatic rings. The maximum atomic E-state index is 5.88. The second-order valence-electron chi connectivity index (χ2n) is 5.98. The summed E-state index contributed by atoms with van der Waals surface area (Å²) >= 11 is 0. The molecule has 1 saturated carbocycles. The Morgan fingerprint density at radius 3 is 2.73 bits per heavy atom. The molecule has 1 unspecified atom stereocenters. The average molecular weight is 306 g/mol. The fraction of sp³-hybridized carbons (Fsp3) is 0.688. The molecule has 1 aliphatic heterocycles. The van der Waals surface area contributed by atoms with Crippen molar-refractivity contribution in [2.45, 2.75) is 31.8 Å². The van der Waals surface area contributed by atoms with Gasteiger partial charge in [-0.15, -0.1) is 0 Å². The van der Waals surface area contributed by atoms with E-state index < -0.39 is 0 Å². The Hall–Kier alpha value is -1.53. The standard InChI is InChI=1S/C16H26N4O2/c1-12-3-6-15(22-12)14(20-7-9-21-10-8-20)11-18-16(17-2)19-13-4-5-13/h3,6,13-14H,4-5,7-11H2,1-2H3,(H2,17,18,19). The lowest BCUT2D eigenvalue weighted by molar-refractivity contribution is 0.0124. The summed E-state index contributed by atoms with van der Waals surface area (Å²) in [6.07, 6.45) is 2.48. The molecule has 0 radical (unpaired) electrons. The Kier molecular flexibility index (Phi) is 5.00. The van der Waals surface area contributed by atoms with Crippen LogP contribution in [0, 0.1) is 6.92 Å². The highest BCUT2D eigenvalue weighted by Gasteiger charge is 2.26. The summed E-state index contributed by atoms with van der Waals surface area (Å²) in [7, 11) is 1.82. The van der Waals surface area contributed by atoms with Crippen LogP contribution in [0.4, 0.5) is 0 Å². The number of nitrogens with one attached hydrogen (secondary N) is 2. The minimum absolute atomic E-state index is 0.204. The van der Waals surface area contributed by atoms with E-state index >= 15 is 0 Å². The Balaban J connectivity index is 1.64. The van der Waals surface area contributed by atoms with Gasteiger partial charge in [0.2, 0.25) is 0 Å². The fourth-order valence-corrected chi connectivity index (χ4v) is 2.74. The van der Waals surface area contributed by atoms with Crippen molar-refractivity contribution in [3.05, 3.63) is 23.7 Å². The molecule has 122 valence electrons. The summed E-state index contributed by atoms with van der Waals surface area (Å²) in [6, 6.07) is 4.91. The number of hydrogen-bond acceptors (Lipinski definition) is 4. The van der Waals surface area contributed by atoms with Crippen molar-refractivity contribution in [3.63, 3.8) is 0 Å². The lowest BCUT2D eigenvalue weighted by atomic mass is 10.1. The van der Waals surface area contributed by atoms with E-state index in [4.69, 9.17) is 9.15 Å². The third-order valence-corrected chi connectivity index (χ3v) is 4.18. The highest BCUT2D eigenvalue weighted by Crippen LogP contribution is 2.23. The minimum Gasteiger partial charge on any atom is -0.465 e. The van der Waals surface area contributed by atoms with Gasteiger partial charge in [0.25, 0.3) is 0 Å². The van der Waals surface area contributed by atoms with E-state index in [0.717, 1.165) is 50.3 Å². The zero-order valence-electron chi connectivity index (χ0n) is 13.5. The van der Waals surface area contributed by atoms with Crippen LogP contribution in [0.2, 0.25) is 0 Å². The summed E-state index contributed by atoms with van der Waals surface area (Å²) < 4.78 is 11.3. The van der Waals surface area contributed by atoms with Crippen LogP contribution in [-0.2, 0) is 4.74 Å². The first-order valence-electron chi connectivity index (χ1n) is 8.11. The normalized spacial score (nSPS) is 21.6. The Morgan fingerprint density at radius 2 is 2.14 bits per heavy atom. The van der Waals surface area contributed by atoms with Gasteiger partial charge in [0, 0.05) is 32.7 Å². The van der Waals surface area contributed by atoms with Gasteiger partial charge in [0.1, 0.15) is 11.5 Å². The van der Waals surface area contributed by atoms with Gasteiger partial charge in [-0.05, 0) is 31.9 Å². The van der Waals surface area contributed by atoms with Gasteiger partial charge in [-0.3, -0.25) is 9.89 Å². The average Bonchev–Trinajstić information content (AvgIpc) is 3.27. The summed E-state index contributed by atoms with van der Waals surface area (Å²) in [5.41, 5.74) is 0. The number of hydrogen-bond donors (Lipinski definition) is 2. The summed E-state index contributed by atoms with van der Waals surface area (Å²) in [6.45, 7) is 6.19. The number of ether oxygens (including phenoxy) is 1. The first-order chi connectivity index (χ1) is 10.8. The second kappa shape index (κ2) is 7.15. The monoisotopic (exact) mass is 306 g/mol. The molecule has 1 saturated heterocycles. The van der Waals surface area contributed by atoms with Crippen molar-refractivity contribution >= 4 is 5.96 Å². The minimum atomic E-state index is 0.204. The fourth-order valence-electron chi connectivity index (χ4n) is 2.74. The molecule has 0 aromatic carbocycles. The third-order valence-electron chi connectivity index (χ3n) is 4.18. The van der Waals surface area contributed by atoms with Crippen LogP contribution in [0.15, 0.2) is 21.5 Å². The number of furan rings is 1. The van der Waals surface area contributed by atoms with E-state index in [2.05, 4.69) is 26.6 Å². The molecule has 6 heteroatoms. The molecule has 0 bridgehead atoms. The summed E-state index contributed by atoms with van der Waals surface area (Å²) in [5.74, 6) is 2.84. The molecule has 3 rings (SSSR count). The molecule has 22 heavy (non-hydrogen) atoms. The van der Waals surface area contributed by atoms with Crippen LogP contribution in [0.5, 0.6) is 0 Å². The van der Waals surface area contributed by atoms with Crippen LogP contribution in [0.3, 0.4) is 0 Å². The molecule has 0 amide bonds. The predicted molar refractivity (Wildman–Crippen MR) is 86.1 cm³/mol. The van der Waals surface area contributed by atoms with Gasteiger partial charge < -0.3 is 19.8 Å². The van der Waals surface area contributed by atoms with E-state index in [0.29, 0.717) is 6.04 Å². The van der Waals surface area contributed by atoms with Crippen LogP contribution in [-0.4, -0.2) is 56.8 Å². The molecule has 1 atom stereocenters. The molecule has 2 N–H and O–H groups in total. The second-order valence-corrected chi connectivity index (χ2v) is 5.98. The molecular formula is C16H26N4O2. The highest BCUT2D eigenvalue weighted by atomic mass is 16.5. The van der Waals surface area contributed by atoms with Crippen molar-refractivity contribution in [3.8, 4) is 0 Å². The summed E-state index contributed by atoms with van der Waals surface area (Å²) in [5, 5.41) is 6.86. The van der Waals surface area contributed by atoms with E-state index in [1.54, 1.807) is 0 Å². The summed E-state index contributed by atoms with van der Waals surface area (Å²) in [4.78, 5) is 6.72. The van der Waals surface area contributed by atoms with Gasteiger partial charge >= 0.3 is 0 Å². The molecule has 0 spiro atoms. The maximum Gasteiger partial charge on any atom is 0.191 e. The van der Waals surface area contributed by atoms with E-state index in [9.17, 15) is 0 Å². The van der Waals surface area contributed by atoms with E-state index in [1.807, 2.05) is 20.0 Å². The highest BCUT2D eigenvalue weighted by molar-refractivity contribution is 5.80. The van der Waals surface area contributed by atoms with Gasteiger partial charge in [0.05, 0.1) is 19.3 Å². The van der Waals surface area contributed by atoms with Gasteiger partial charge in [-0.1, -0.05) is 0 Å². The third kappa shape index (κ3) is 4.01. The SMILES string of the molecule is CN=C(NCC(c1ccc(C)o1)N1CCOCC1)NC1CC1. The van der Waals surface area contributed by atoms with Gasteiger partial charge in [0.15, 0.2) is 5.96 Å². The molecule has 6 nitrogen and oxygen atoms in total. The first-order valence-corrected chi connectivity index (χ1v) is 8.11. The Bertz CT molecular complexity index is 504. The number of rotatable bonds is 5. The molecule has 2 heterocycles. The number of aliphatic imine (C=N–C) groups is 1. The molecular weight excluding hydrogens is 280 g/mol. The maximum absolute atomic E-state index is 5.88. The van der Waals surface area contributed by atoms with Crippen molar-refractivity contribution in [2.24, 2.45) is 4.99 Å². The first kappa shape index (κ1) is 15.4. The molecule has 1 aromatic heterocycles. The number of nitrogens with zero attached hydrogens (tertiary/aromatic N) is 2. The van der Waals surface area contributed by atoms with Crippen LogP contribution < -0.4 is 10.6 Å². The molecule has 2 aliphatic rings.